The van der Waals surface area contributed by atoms with Gasteiger partial charge in [0, 0.05) is 37.6 Å². The predicted octanol–water partition coefficient (Wildman–Crippen LogP) is 13.2. The second kappa shape index (κ2) is 12.9. The minimum Gasteiger partial charge on any atom is -0.309 e. The Labute approximate surface area is 345 Å². The van der Waals surface area contributed by atoms with Crippen molar-refractivity contribution >= 4 is 55.4 Å². The molecule has 0 saturated heterocycles. The molecule has 12 rings (SSSR count). The molecule has 1 atom stereocenters. The van der Waals surface area contributed by atoms with Gasteiger partial charge in [-0.05, 0) is 58.4 Å². The van der Waals surface area contributed by atoms with Crippen molar-refractivity contribution in [1.82, 2.24) is 24.1 Å². The van der Waals surface area contributed by atoms with Gasteiger partial charge in [0.15, 0.2) is 11.6 Å². The molecule has 10 aromatic rings. The van der Waals surface area contributed by atoms with Crippen LogP contribution < -0.4 is 0 Å². The van der Waals surface area contributed by atoms with Crippen LogP contribution in [0.4, 0.5) is 0 Å². The minimum absolute atomic E-state index is 0.582. The van der Waals surface area contributed by atoms with Gasteiger partial charge < -0.3 is 4.57 Å². The van der Waals surface area contributed by atoms with Gasteiger partial charge in [-0.3, -0.25) is 4.57 Å². The maximum atomic E-state index is 5.23. The Balaban J connectivity index is 1.21. The van der Waals surface area contributed by atoms with Crippen molar-refractivity contribution in [3.8, 4) is 34.4 Å². The summed E-state index contributed by atoms with van der Waals surface area (Å²) in [5.41, 5.74) is 12.0. The first-order chi connectivity index (χ1) is 29.2. The van der Waals surface area contributed by atoms with Crippen LogP contribution in [0.5, 0.6) is 0 Å². The summed E-state index contributed by atoms with van der Waals surface area (Å²) in [5, 5.41) is 4.85. The predicted molar refractivity (Wildman–Crippen MR) is 244 cm³/mol. The number of allylic oxidation sites excluding steroid dienone is 5. The van der Waals surface area contributed by atoms with Crippen molar-refractivity contribution in [1.29, 1.82) is 0 Å². The summed E-state index contributed by atoms with van der Waals surface area (Å²) in [6.45, 7) is 6.40. The second-order valence-electron chi connectivity index (χ2n) is 15.2. The highest BCUT2D eigenvalue weighted by Crippen LogP contribution is 2.62. The molecule has 278 valence electrons. The second-order valence-corrected chi connectivity index (χ2v) is 16.4. The summed E-state index contributed by atoms with van der Waals surface area (Å²) < 4.78 is 4.73. The topological polar surface area (TPSA) is 48.5 Å². The highest BCUT2D eigenvalue weighted by Gasteiger charge is 2.50. The van der Waals surface area contributed by atoms with E-state index in [2.05, 4.69) is 162 Å². The number of aromatic nitrogens is 5. The summed E-state index contributed by atoms with van der Waals surface area (Å²) in [7, 11) is 0. The van der Waals surface area contributed by atoms with Gasteiger partial charge in [0.25, 0.3) is 0 Å². The number of thioether (sulfide) groups is 1. The standard InChI is InChI=1S/C53H35N5S/c1-3-4-25-39-33(2)59-49-42(53(39)40-26-13-16-30-45(40)57-43-28-14-11-22-36(43)37-24-17-27-41(53)48(37)57)31-32-46-47(49)38-23-12-15-29-44(38)58(46)52-55-50(34-18-7-5-8-19-34)54-51(56-52)35-20-9-6-10-21-35/h3-32H,1H2,2H3/b25-4-. The van der Waals surface area contributed by atoms with Crippen LogP contribution in [0.1, 0.15) is 23.6 Å². The number of para-hydroxylation sites is 4. The summed E-state index contributed by atoms with van der Waals surface area (Å²) in [6, 6.07) is 58.4. The number of hydrogen-bond donors (Lipinski definition) is 0. The molecule has 0 N–H and O–H groups in total. The van der Waals surface area contributed by atoms with Crippen LogP contribution in [0.25, 0.3) is 78.0 Å². The molecule has 3 aromatic heterocycles. The van der Waals surface area contributed by atoms with Crippen LogP contribution in [0.3, 0.4) is 0 Å². The first-order valence-corrected chi connectivity index (χ1v) is 20.7. The molecule has 2 aliphatic heterocycles. The summed E-state index contributed by atoms with van der Waals surface area (Å²) in [5.74, 6) is 1.84. The van der Waals surface area contributed by atoms with Gasteiger partial charge in [0.2, 0.25) is 5.95 Å². The maximum absolute atomic E-state index is 5.23. The highest BCUT2D eigenvalue weighted by atomic mass is 32.2. The van der Waals surface area contributed by atoms with E-state index in [-0.39, 0.29) is 0 Å². The largest absolute Gasteiger partial charge is 0.309 e. The Hall–Kier alpha value is -7.28. The Morgan fingerprint density at radius 1 is 0.542 bits per heavy atom. The fraction of sp³-hybridized carbons (Fsp3) is 0.0377. The lowest BCUT2D eigenvalue weighted by atomic mass is 9.62. The molecule has 0 saturated carbocycles. The van der Waals surface area contributed by atoms with Crippen molar-refractivity contribution in [3.05, 3.63) is 216 Å². The van der Waals surface area contributed by atoms with E-state index in [4.69, 9.17) is 15.0 Å². The molecular formula is C53H35N5S. The van der Waals surface area contributed by atoms with E-state index in [1.165, 1.54) is 64.9 Å². The van der Waals surface area contributed by atoms with Gasteiger partial charge in [-0.15, -0.1) is 0 Å². The molecular weight excluding hydrogens is 739 g/mol. The van der Waals surface area contributed by atoms with Gasteiger partial charge in [-0.1, -0.05) is 176 Å². The van der Waals surface area contributed by atoms with Crippen LogP contribution in [0.15, 0.2) is 204 Å². The molecule has 0 bridgehead atoms. The summed E-state index contributed by atoms with van der Waals surface area (Å²) in [4.78, 5) is 18.0. The van der Waals surface area contributed by atoms with Crippen LogP contribution in [0, 0.1) is 0 Å². The Kier molecular flexibility index (Phi) is 7.38. The molecule has 5 nitrogen and oxygen atoms in total. The van der Waals surface area contributed by atoms with Crippen molar-refractivity contribution in [2.24, 2.45) is 0 Å². The summed E-state index contributed by atoms with van der Waals surface area (Å²) >= 11 is 1.86. The van der Waals surface area contributed by atoms with Crippen molar-refractivity contribution in [3.63, 3.8) is 0 Å². The maximum Gasteiger partial charge on any atom is 0.238 e. The van der Waals surface area contributed by atoms with E-state index in [1.54, 1.807) is 0 Å². The van der Waals surface area contributed by atoms with Crippen molar-refractivity contribution in [2.45, 2.75) is 17.2 Å². The monoisotopic (exact) mass is 773 g/mol. The first kappa shape index (κ1) is 33.8. The van der Waals surface area contributed by atoms with Crippen LogP contribution in [-0.4, -0.2) is 24.1 Å². The molecule has 7 aromatic carbocycles. The Morgan fingerprint density at radius 3 is 1.88 bits per heavy atom. The quantitative estimate of drug-likeness (QED) is 0.163. The van der Waals surface area contributed by atoms with Gasteiger partial charge in [-0.25, -0.2) is 4.98 Å². The van der Waals surface area contributed by atoms with Crippen LogP contribution in [0.2, 0.25) is 0 Å². The normalized spacial score (nSPS) is 15.8. The van der Waals surface area contributed by atoms with Crippen molar-refractivity contribution < 1.29 is 0 Å². The van der Waals surface area contributed by atoms with E-state index < -0.39 is 5.41 Å². The fourth-order valence-electron chi connectivity index (χ4n) is 9.85. The zero-order valence-corrected chi connectivity index (χ0v) is 33.0. The van der Waals surface area contributed by atoms with Gasteiger partial charge in [0.1, 0.15) is 0 Å². The molecule has 0 aliphatic carbocycles. The minimum atomic E-state index is -0.629. The number of nitrogens with zero attached hydrogens (tertiary/aromatic N) is 5. The number of benzene rings is 7. The third-order valence-corrected chi connectivity index (χ3v) is 13.3. The lowest BCUT2D eigenvalue weighted by Crippen LogP contribution is -2.38. The molecule has 59 heavy (non-hydrogen) atoms. The molecule has 0 fully saturated rings. The Morgan fingerprint density at radius 2 is 1.15 bits per heavy atom. The fourth-order valence-corrected chi connectivity index (χ4v) is 11.1. The number of fused-ring (bicyclic) bond motifs is 13. The van der Waals surface area contributed by atoms with E-state index in [1.807, 2.05) is 54.2 Å². The number of hydrogen-bond acceptors (Lipinski definition) is 4. The molecule has 2 aliphatic rings. The van der Waals surface area contributed by atoms with Crippen LogP contribution >= 0.6 is 11.8 Å². The summed E-state index contributed by atoms with van der Waals surface area (Å²) in [6.07, 6.45) is 6.28. The Bertz CT molecular complexity index is 3390. The number of rotatable bonds is 5. The highest BCUT2D eigenvalue weighted by molar-refractivity contribution is 8.03. The van der Waals surface area contributed by atoms with E-state index in [0.717, 1.165) is 27.5 Å². The van der Waals surface area contributed by atoms with Crippen LogP contribution in [-0.2, 0) is 5.41 Å². The SMILES string of the molecule is C=C/C=C\C1=C(C)Sc2c(ccc3c2c2ccccc2n3-c2nc(-c3ccccc3)nc(-c3ccccc3)n2)C12c1ccccc1-n1c3ccccc3c3cccc2c31. The zero-order chi connectivity index (χ0) is 39.2. The van der Waals surface area contributed by atoms with Gasteiger partial charge in [0.05, 0.1) is 33.2 Å². The first-order valence-electron chi connectivity index (χ1n) is 19.9. The molecule has 1 spiro atoms. The molecule has 0 amide bonds. The molecule has 1 unspecified atom stereocenters. The lowest BCUT2D eigenvalue weighted by molar-refractivity contribution is 0.706. The van der Waals surface area contributed by atoms with Gasteiger partial charge >= 0.3 is 0 Å². The molecule has 0 radical (unpaired) electrons. The average molecular weight is 774 g/mol. The van der Waals surface area contributed by atoms with E-state index >= 15 is 0 Å². The van der Waals surface area contributed by atoms with E-state index in [9.17, 15) is 0 Å². The van der Waals surface area contributed by atoms with E-state index in [0.29, 0.717) is 17.6 Å². The van der Waals surface area contributed by atoms with Crippen molar-refractivity contribution in [2.75, 3.05) is 0 Å². The smallest absolute Gasteiger partial charge is 0.238 e. The average Bonchev–Trinajstić information content (AvgIpc) is 3.82. The zero-order valence-electron chi connectivity index (χ0n) is 32.2. The third kappa shape index (κ3) is 4.66. The third-order valence-electron chi connectivity index (χ3n) is 12.2. The molecule has 6 heteroatoms. The molecule has 5 heterocycles. The lowest BCUT2D eigenvalue weighted by Gasteiger charge is -2.46. The van der Waals surface area contributed by atoms with Gasteiger partial charge in [-0.2, -0.15) is 9.97 Å².